The molecule has 0 N–H and O–H groups in total. The van der Waals surface area contributed by atoms with Crippen molar-refractivity contribution in [2.24, 2.45) is 11.8 Å². The first kappa shape index (κ1) is 14.9. The number of rotatable bonds is 6. The zero-order valence-electron chi connectivity index (χ0n) is 11.5. The van der Waals surface area contributed by atoms with Crippen LogP contribution in [0.2, 0.25) is 0 Å². The van der Waals surface area contributed by atoms with Gasteiger partial charge in [-0.15, -0.1) is 0 Å². The third-order valence-corrected chi connectivity index (χ3v) is 3.75. The molecule has 0 spiro atoms. The summed E-state index contributed by atoms with van der Waals surface area (Å²) in [6.07, 6.45) is 5.62. The van der Waals surface area contributed by atoms with Crippen LogP contribution in [0.5, 0.6) is 0 Å². The van der Waals surface area contributed by atoms with Crippen LogP contribution in [0.3, 0.4) is 0 Å². The van der Waals surface area contributed by atoms with Gasteiger partial charge in [-0.2, -0.15) is 0 Å². The molecule has 0 aromatic heterocycles. The molecule has 4 heteroatoms. The van der Waals surface area contributed by atoms with Crippen molar-refractivity contribution >= 4 is 0 Å². The van der Waals surface area contributed by atoms with E-state index in [1.165, 1.54) is 19.3 Å². The van der Waals surface area contributed by atoms with Crippen molar-refractivity contribution in [3.05, 3.63) is 0 Å². The van der Waals surface area contributed by atoms with Gasteiger partial charge in [-0.05, 0) is 12.8 Å². The van der Waals surface area contributed by atoms with Gasteiger partial charge < -0.3 is 18.9 Å². The molecular weight excluding hydrogens is 220 g/mol. The lowest BCUT2D eigenvalue weighted by Gasteiger charge is -2.34. The lowest BCUT2D eigenvalue weighted by molar-refractivity contribution is -0.202. The van der Waals surface area contributed by atoms with Crippen LogP contribution in [-0.2, 0) is 18.9 Å². The highest BCUT2D eigenvalue weighted by atomic mass is 16.7. The summed E-state index contributed by atoms with van der Waals surface area (Å²) in [6, 6.07) is 0. The molecule has 0 amide bonds. The van der Waals surface area contributed by atoms with Crippen molar-refractivity contribution in [2.75, 3.05) is 28.4 Å². The predicted octanol–water partition coefficient (Wildman–Crippen LogP) is 2.42. The Morgan fingerprint density at radius 1 is 0.647 bits per heavy atom. The van der Waals surface area contributed by atoms with Crippen LogP contribution in [0.25, 0.3) is 0 Å². The van der Waals surface area contributed by atoms with Crippen LogP contribution in [0.15, 0.2) is 0 Å². The van der Waals surface area contributed by atoms with Gasteiger partial charge in [0.25, 0.3) is 0 Å². The second kappa shape index (κ2) is 8.03. The van der Waals surface area contributed by atoms with E-state index in [-0.39, 0.29) is 12.6 Å². The Hall–Kier alpha value is -0.160. The van der Waals surface area contributed by atoms with E-state index in [0.717, 1.165) is 12.8 Å². The Bertz CT molecular complexity index is 170. The van der Waals surface area contributed by atoms with Crippen molar-refractivity contribution in [1.82, 2.24) is 0 Å². The van der Waals surface area contributed by atoms with E-state index in [0.29, 0.717) is 11.8 Å². The molecule has 0 bridgehead atoms. The molecule has 1 rings (SSSR count). The zero-order valence-corrected chi connectivity index (χ0v) is 11.5. The SMILES string of the molecule is COC(OC)[C@H]1CCCCC[C@H]1C(OC)OC. The monoisotopic (exact) mass is 246 g/mol. The number of methoxy groups -OCH3 is 4. The van der Waals surface area contributed by atoms with Crippen LogP contribution in [-0.4, -0.2) is 41.0 Å². The number of hydrogen-bond donors (Lipinski definition) is 0. The predicted molar refractivity (Wildman–Crippen MR) is 65.7 cm³/mol. The molecule has 102 valence electrons. The molecule has 17 heavy (non-hydrogen) atoms. The van der Waals surface area contributed by atoms with Crippen molar-refractivity contribution in [3.63, 3.8) is 0 Å². The molecule has 0 saturated heterocycles. The minimum Gasteiger partial charge on any atom is -0.356 e. The fourth-order valence-corrected chi connectivity index (χ4v) is 2.93. The van der Waals surface area contributed by atoms with Crippen molar-refractivity contribution in [3.8, 4) is 0 Å². The Morgan fingerprint density at radius 2 is 1.00 bits per heavy atom. The van der Waals surface area contributed by atoms with Crippen molar-refractivity contribution in [1.29, 1.82) is 0 Å². The molecule has 1 fully saturated rings. The maximum Gasteiger partial charge on any atom is 0.160 e. The van der Waals surface area contributed by atoms with Crippen LogP contribution in [0.4, 0.5) is 0 Å². The van der Waals surface area contributed by atoms with Gasteiger partial charge in [0.15, 0.2) is 12.6 Å². The lowest BCUT2D eigenvalue weighted by Crippen LogP contribution is -2.38. The molecule has 0 aliphatic heterocycles. The van der Waals surface area contributed by atoms with Gasteiger partial charge in [-0.3, -0.25) is 0 Å². The fourth-order valence-electron chi connectivity index (χ4n) is 2.93. The first-order valence-electron chi connectivity index (χ1n) is 6.39. The van der Waals surface area contributed by atoms with Crippen LogP contribution in [0, 0.1) is 11.8 Å². The first-order valence-corrected chi connectivity index (χ1v) is 6.39. The Balaban J connectivity index is 2.77. The van der Waals surface area contributed by atoms with Crippen LogP contribution < -0.4 is 0 Å². The lowest BCUT2D eigenvalue weighted by atomic mass is 9.86. The second-order valence-electron chi connectivity index (χ2n) is 4.65. The van der Waals surface area contributed by atoms with Crippen molar-refractivity contribution < 1.29 is 18.9 Å². The van der Waals surface area contributed by atoms with E-state index in [1.807, 2.05) is 0 Å². The number of ether oxygens (including phenoxy) is 4. The van der Waals surface area contributed by atoms with E-state index in [4.69, 9.17) is 18.9 Å². The second-order valence-corrected chi connectivity index (χ2v) is 4.65. The highest BCUT2D eigenvalue weighted by molar-refractivity contribution is 4.79. The molecular formula is C13H26O4. The zero-order chi connectivity index (χ0) is 12.7. The number of hydrogen-bond acceptors (Lipinski definition) is 4. The molecule has 1 saturated carbocycles. The highest BCUT2D eigenvalue weighted by Gasteiger charge is 2.36. The standard InChI is InChI=1S/C13H26O4/c1-14-12(15-2)10-8-6-5-7-9-11(10)13(16-3)17-4/h10-13H,5-9H2,1-4H3/t10-,11+. The molecule has 0 unspecified atom stereocenters. The summed E-state index contributed by atoms with van der Waals surface area (Å²) in [4.78, 5) is 0. The summed E-state index contributed by atoms with van der Waals surface area (Å²) >= 11 is 0. The van der Waals surface area contributed by atoms with Gasteiger partial charge >= 0.3 is 0 Å². The van der Waals surface area contributed by atoms with E-state index in [2.05, 4.69) is 0 Å². The summed E-state index contributed by atoms with van der Waals surface area (Å²) in [5, 5.41) is 0. The first-order chi connectivity index (χ1) is 8.28. The normalized spacial score (nSPS) is 26.5. The Morgan fingerprint density at radius 3 is 1.29 bits per heavy atom. The minimum atomic E-state index is -0.161. The van der Waals surface area contributed by atoms with Gasteiger partial charge in [-0.25, -0.2) is 0 Å². The maximum atomic E-state index is 5.43. The summed E-state index contributed by atoms with van der Waals surface area (Å²) < 4.78 is 21.7. The smallest absolute Gasteiger partial charge is 0.160 e. The van der Waals surface area contributed by atoms with Gasteiger partial charge in [0.2, 0.25) is 0 Å². The molecule has 1 aliphatic carbocycles. The maximum absolute atomic E-state index is 5.43. The Kier molecular flexibility index (Phi) is 7.04. The minimum absolute atomic E-state index is 0.161. The van der Waals surface area contributed by atoms with Gasteiger partial charge in [0.1, 0.15) is 0 Å². The molecule has 0 aromatic rings. The average Bonchev–Trinajstić information content (AvgIpc) is 2.59. The molecule has 0 aromatic carbocycles. The molecule has 0 radical (unpaired) electrons. The summed E-state index contributed by atoms with van der Waals surface area (Å²) in [7, 11) is 6.80. The van der Waals surface area contributed by atoms with Crippen LogP contribution >= 0.6 is 0 Å². The van der Waals surface area contributed by atoms with Crippen LogP contribution in [0.1, 0.15) is 32.1 Å². The Labute approximate surface area is 105 Å². The van der Waals surface area contributed by atoms with Crippen molar-refractivity contribution in [2.45, 2.75) is 44.7 Å². The average molecular weight is 246 g/mol. The molecule has 1 aliphatic rings. The van der Waals surface area contributed by atoms with E-state index in [9.17, 15) is 0 Å². The van der Waals surface area contributed by atoms with Gasteiger partial charge in [0.05, 0.1) is 0 Å². The van der Waals surface area contributed by atoms with E-state index in [1.54, 1.807) is 28.4 Å². The molecule has 2 atom stereocenters. The van der Waals surface area contributed by atoms with Gasteiger partial charge in [0, 0.05) is 40.3 Å². The van der Waals surface area contributed by atoms with Gasteiger partial charge in [-0.1, -0.05) is 19.3 Å². The van der Waals surface area contributed by atoms with E-state index < -0.39 is 0 Å². The van der Waals surface area contributed by atoms with E-state index >= 15 is 0 Å². The molecule has 4 nitrogen and oxygen atoms in total. The fraction of sp³-hybridized carbons (Fsp3) is 1.00. The quantitative estimate of drug-likeness (QED) is 0.533. The summed E-state index contributed by atoms with van der Waals surface area (Å²) in [5.41, 5.74) is 0. The largest absolute Gasteiger partial charge is 0.356 e. The highest BCUT2D eigenvalue weighted by Crippen LogP contribution is 2.35. The third-order valence-electron chi connectivity index (χ3n) is 3.75. The summed E-state index contributed by atoms with van der Waals surface area (Å²) in [6.45, 7) is 0. The summed E-state index contributed by atoms with van der Waals surface area (Å²) in [5.74, 6) is 0.690. The molecule has 0 heterocycles. The topological polar surface area (TPSA) is 36.9 Å². The third kappa shape index (κ3) is 3.91.